The number of carbonyl (C=O) groups is 2. The number of carbonyl (C=O) groups excluding carboxylic acids is 2. The number of methoxy groups -OCH3 is 1. The number of ether oxygens (including phenoxy) is 1. The summed E-state index contributed by atoms with van der Waals surface area (Å²) in [5, 5.41) is 10.4. The number of H-pyrrole nitrogens is 1. The van der Waals surface area contributed by atoms with Crippen LogP contribution in [0.5, 0.6) is 5.75 Å². The van der Waals surface area contributed by atoms with E-state index < -0.39 is 0 Å². The molecule has 0 radical (unpaired) electrons. The first-order valence-corrected chi connectivity index (χ1v) is 10.4. The van der Waals surface area contributed by atoms with Gasteiger partial charge in [-0.2, -0.15) is 5.10 Å². The van der Waals surface area contributed by atoms with Crippen molar-refractivity contribution >= 4 is 11.8 Å². The van der Waals surface area contributed by atoms with Crippen molar-refractivity contribution in [3.05, 3.63) is 46.8 Å². The van der Waals surface area contributed by atoms with Crippen LogP contribution in [0.4, 0.5) is 0 Å². The Balaban J connectivity index is 1.44. The fraction of sp³-hybridized carbons (Fsp3) is 0.500. The van der Waals surface area contributed by atoms with Crippen LogP contribution in [0.25, 0.3) is 0 Å². The lowest BCUT2D eigenvalue weighted by Gasteiger charge is -2.28. The smallest absolute Gasteiger partial charge is 0.272 e. The second-order valence-corrected chi connectivity index (χ2v) is 7.89. The molecule has 7 heteroatoms. The van der Waals surface area contributed by atoms with Crippen LogP contribution in [-0.2, 0) is 24.2 Å². The molecule has 29 heavy (non-hydrogen) atoms. The zero-order valence-electron chi connectivity index (χ0n) is 16.9. The number of rotatable bonds is 5. The molecule has 2 heterocycles. The summed E-state index contributed by atoms with van der Waals surface area (Å²) in [6, 6.07) is 7.80. The number of hydrogen-bond acceptors (Lipinski definition) is 4. The highest BCUT2D eigenvalue weighted by molar-refractivity contribution is 5.94. The Morgan fingerprint density at radius 3 is 2.83 bits per heavy atom. The number of hydrogen-bond donors (Lipinski definition) is 2. The van der Waals surface area contributed by atoms with E-state index >= 15 is 0 Å². The fourth-order valence-electron chi connectivity index (χ4n) is 4.32. The molecule has 2 N–H and O–H groups in total. The molecule has 2 amide bonds. The zero-order valence-corrected chi connectivity index (χ0v) is 16.9. The van der Waals surface area contributed by atoms with E-state index in [1.165, 1.54) is 6.42 Å². The van der Waals surface area contributed by atoms with Gasteiger partial charge in [-0.15, -0.1) is 0 Å². The van der Waals surface area contributed by atoms with Crippen molar-refractivity contribution in [3.8, 4) is 5.75 Å². The molecule has 0 bridgehead atoms. The van der Waals surface area contributed by atoms with Crippen LogP contribution in [0, 0.1) is 0 Å². The maximum absolute atomic E-state index is 12.9. The maximum atomic E-state index is 12.9. The second kappa shape index (κ2) is 8.68. The first kappa shape index (κ1) is 19.5. The van der Waals surface area contributed by atoms with Crippen molar-refractivity contribution in [2.75, 3.05) is 13.7 Å². The third-order valence-electron chi connectivity index (χ3n) is 5.98. The van der Waals surface area contributed by atoms with Gasteiger partial charge < -0.3 is 15.0 Å². The molecule has 1 aliphatic heterocycles. The molecule has 1 fully saturated rings. The molecule has 0 atom stereocenters. The Bertz CT molecular complexity index is 886. The van der Waals surface area contributed by atoms with E-state index in [1.54, 1.807) is 7.11 Å². The molecule has 154 valence electrons. The number of aromatic nitrogens is 2. The molecule has 1 aromatic heterocycles. The summed E-state index contributed by atoms with van der Waals surface area (Å²) in [6.07, 6.45) is 6.58. The molecule has 2 aromatic rings. The Hall–Kier alpha value is -2.83. The molecule has 1 saturated carbocycles. The van der Waals surface area contributed by atoms with E-state index in [1.807, 2.05) is 29.2 Å². The van der Waals surface area contributed by atoms with Gasteiger partial charge in [0.2, 0.25) is 5.91 Å². The van der Waals surface area contributed by atoms with Gasteiger partial charge in [0.25, 0.3) is 5.91 Å². The molecule has 0 unspecified atom stereocenters. The summed E-state index contributed by atoms with van der Waals surface area (Å²) in [7, 11) is 1.61. The second-order valence-electron chi connectivity index (χ2n) is 7.89. The summed E-state index contributed by atoms with van der Waals surface area (Å²) in [4.78, 5) is 27.5. The van der Waals surface area contributed by atoms with Crippen molar-refractivity contribution in [2.24, 2.45) is 0 Å². The number of nitrogens with one attached hydrogen (secondary N) is 2. The van der Waals surface area contributed by atoms with Crippen molar-refractivity contribution < 1.29 is 14.3 Å². The monoisotopic (exact) mass is 396 g/mol. The van der Waals surface area contributed by atoms with Crippen molar-refractivity contribution in [1.82, 2.24) is 20.4 Å². The van der Waals surface area contributed by atoms with E-state index in [4.69, 9.17) is 4.74 Å². The van der Waals surface area contributed by atoms with Crippen LogP contribution >= 0.6 is 0 Å². The molecule has 1 aromatic carbocycles. The SMILES string of the molecule is COc1ccccc1CC(=O)N1CCc2[nH]nc(C(=O)NC3CCCCC3)c2C1. The number of nitrogens with zero attached hydrogens (tertiary/aromatic N) is 2. The van der Waals surface area contributed by atoms with Crippen LogP contribution in [-0.4, -0.2) is 46.6 Å². The van der Waals surface area contributed by atoms with Crippen molar-refractivity contribution in [2.45, 2.75) is 57.5 Å². The first-order chi connectivity index (χ1) is 14.2. The van der Waals surface area contributed by atoms with Crippen LogP contribution in [0.1, 0.15) is 59.4 Å². The number of aromatic amines is 1. The molecule has 2 aliphatic rings. The van der Waals surface area contributed by atoms with Gasteiger partial charge in [-0.1, -0.05) is 37.5 Å². The van der Waals surface area contributed by atoms with E-state index in [0.717, 1.165) is 48.3 Å². The molecular formula is C22H28N4O3. The van der Waals surface area contributed by atoms with Crippen LogP contribution in [0.15, 0.2) is 24.3 Å². The van der Waals surface area contributed by atoms with Gasteiger partial charge in [-0.25, -0.2) is 0 Å². The number of benzene rings is 1. The summed E-state index contributed by atoms with van der Waals surface area (Å²) in [5.41, 5.74) is 3.10. The van der Waals surface area contributed by atoms with Crippen molar-refractivity contribution in [3.63, 3.8) is 0 Å². The lowest BCUT2D eigenvalue weighted by Crippen LogP contribution is -2.39. The summed E-state index contributed by atoms with van der Waals surface area (Å²) in [6.45, 7) is 1.03. The largest absolute Gasteiger partial charge is 0.496 e. The van der Waals surface area contributed by atoms with Gasteiger partial charge >= 0.3 is 0 Å². The van der Waals surface area contributed by atoms with Gasteiger partial charge in [0.05, 0.1) is 13.5 Å². The molecular weight excluding hydrogens is 368 g/mol. The number of para-hydroxylation sites is 1. The predicted molar refractivity (Wildman–Crippen MR) is 109 cm³/mol. The van der Waals surface area contributed by atoms with Gasteiger partial charge in [-0.05, 0) is 18.9 Å². The average molecular weight is 396 g/mol. The lowest BCUT2D eigenvalue weighted by molar-refractivity contribution is -0.131. The van der Waals surface area contributed by atoms with E-state index in [9.17, 15) is 9.59 Å². The van der Waals surface area contributed by atoms with Gasteiger partial charge in [0.1, 0.15) is 5.75 Å². The standard InChI is InChI=1S/C22H28N4O3/c1-29-19-10-6-5-7-15(19)13-20(27)26-12-11-18-17(14-26)21(25-24-18)22(28)23-16-8-3-2-4-9-16/h5-7,10,16H,2-4,8-9,11-14H2,1H3,(H,23,28)(H,24,25). The van der Waals surface area contributed by atoms with Crippen LogP contribution in [0.3, 0.4) is 0 Å². The van der Waals surface area contributed by atoms with E-state index in [0.29, 0.717) is 25.2 Å². The third-order valence-corrected chi connectivity index (χ3v) is 5.98. The highest BCUT2D eigenvalue weighted by atomic mass is 16.5. The minimum absolute atomic E-state index is 0.0278. The predicted octanol–water partition coefficient (Wildman–Crippen LogP) is 2.61. The molecule has 4 rings (SSSR count). The summed E-state index contributed by atoms with van der Waals surface area (Å²) in [5.74, 6) is 0.614. The van der Waals surface area contributed by atoms with Crippen LogP contribution < -0.4 is 10.1 Å². The van der Waals surface area contributed by atoms with Crippen molar-refractivity contribution in [1.29, 1.82) is 0 Å². The lowest BCUT2D eigenvalue weighted by atomic mass is 9.95. The Morgan fingerprint density at radius 2 is 2.03 bits per heavy atom. The summed E-state index contributed by atoms with van der Waals surface area (Å²) < 4.78 is 5.36. The maximum Gasteiger partial charge on any atom is 0.272 e. The number of fused-ring (bicyclic) bond motifs is 1. The first-order valence-electron chi connectivity index (χ1n) is 10.4. The highest BCUT2D eigenvalue weighted by Gasteiger charge is 2.29. The van der Waals surface area contributed by atoms with Gasteiger partial charge in [0.15, 0.2) is 5.69 Å². The Morgan fingerprint density at radius 1 is 1.24 bits per heavy atom. The Labute approximate surface area is 170 Å². The Kier molecular flexibility index (Phi) is 5.83. The summed E-state index contributed by atoms with van der Waals surface area (Å²) >= 11 is 0. The average Bonchev–Trinajstić information content (AvgIpc) is 3.18. The number of amides is 2. The van der Waals surface area contributed by atoms with Gasteiger partial charge in [0, 0.05) is 42.4 Å². The fourth-order valence-corrected chi connectivity index (χ4v) is 4.32. The minimum atomic E-state index is -0.131. The quantitative estimate of drug-likeness (QED) is 0.813. The van der Waals surface area contributed by atoms with Crippen LogP contribution in [0.2, 0.25) is 0 Å². The molecule has 0 spiro atoms. The highest BCUT2D eigenvalue weighted by Crippen LogP contribution is 2.24. The topological polar surface area (TPSA) is 87.3 Å². The van der Waals surface area contributed by atoms with Gasteiger partial charge in [-0.3, -0.25) is 14.7 Å². The molecule has 0 saturated heterocycles. The molecule has 1 aliphatic carbocycles. The van der Waals surface area contributed by atoms with E-state index in [2.05, 4.69) is 15.5 Å². The molecule has 7 nitrogen and oxygen atoms in total. The zero-order chi connectivity index (χ0) is 20.2. The minimum Gasteiger partial charge on any atom is -0.496 e. The van der Waals surface area contributed by atoms with E-state index in [-0.39, 0.29) is 24.3 Å². The normalized spacial score (nSPS) is 16.9. The third kappa shape index (κ3) is 4.28.